The third kappa shape index (κ3) is 2.69. The maximum absolute atomic E-state index is 6.16. The molecule has 0 saturated carbocycles. The maximum atomic E-state index is 6.16. The van der Waals surface area contributed by atoms with Crippen molar-refractivity contribution in [3.8, 4) is 0 Å². The maximum Gasteiger partial charge on any atom is 0.0637 e. The van der Waals surface area contributed by atoms with Crippen molar-refractivity contribution in [2.75, 3.05) is 19.6 Å². The first-order valence-electron chi connectivity index (χ1n) is 5.56. The van der Waals surface area contributed by atoms with Crippen molar-refractivity contribution in [3.05, 3.63) is 33.8 Å². The van der Waals surface area contributed by atoms with Gasteiger partial charge in [0.2, 0.25) is 0 Å². The van der Waals surface area contributed by atoms with E-state index in [0.29, 0.717) is 16.0 Å². The second-order valence-electron chi connectivity index (χ2n) is 4.34. The van der Waals surface area contributed by atoms with E-state index < -0.39 is 0 Å². The molecule has 0 bridgehead atoms. The first-order valence-corrected chi connectivity index (χ1v) is 6.31. The number of benzene rings is 1. The largest absolute Gasteiger partial charge is 0.330 e. The van der Waals surface area contributed by atoms with E-state index in [4.69, 9.17) is 28.9 Å². The topological polar surface area (TPSA) is 29.3 Å². The van der Waals surface area contributed by atoms with Gasteiger partial charge in [-0.3, -0.25) is 4.90 Å². The molecule has 1 saturated heterocycles. The van der Waals surface area contributed by atoms with Gasteiger partial charge in [0.15, 0.2) is 0 Å². The molecule has 1 aromatic rings. The minimum absolute atomic E-state index is 0.633. The van der Waals surface area contributed by atoms with Gasteiger partial charge in [0.1, 0.15) is 0 Å². The molecule has 1 atom stereocenters. The van der Waals surface area contributed by atoms with E-state index in [-0.39, 0.29) is 0 Å². The molecule has 2 nitrogen and oxygen atoms in total. The summed E-state index contributed by atoms with van der Waals surface area (Å²) in [6.07, 6.45) is 1.19. The van der Waals surface area contributed by atoms with Crippen LogP contribution in [0, 0.1) is 5.92 Å². The molecular formula is C12H16Cl2N2. The standard InChI is InChI=1S/C12H16Cl2N2/c13-11-3-1-2-10(12(11)14)8-16-5-4-9(6-15)7-16/h1-3,9H,4-8,15H2. The normalized spacial score (nSPS) is 21.6. The molecule has 1 fully saturated rings. The van der Waals surface area contributed by atoms with E-state index in [2.05, 4.69) is 4.90 Å². The number of halogens is 2. The smallest absolute Gasteiger partial charge is 0.0637 e. The van der Waals surface area contributed by atoms with Crippen molar-refractivity contribution >= 4 is 23.2 Å². The van der Waals surface area contributed by atoms with Gasteiger partial charge in [-0.1, -0.05) is 35.3 Å². The molecule has 88 valence electrons. The lowest BCUT2D eigenvalue weighted by molar-refractivity contribution is 0.318. The van der Waals surface area contributed by atoms with Crippen LogP contribution in [-0.4, -0.2) is 24.5 Å². The zero-order valence-electron chi connectivity index (χ0n) is 9.13. The van der Waals surface area contributed by atoms with Crippen LogP contribution in [0.3, 0.4) is 0 Å². The van der Waals surface area contributed by atoms with E-state index in [1.165, 1.54) is 6.42 Å². The Morgan fingerprint density at radius 2 is 2.19 bits per heavy atom. The summed E-state index contributed by atoms with van der Waals surface area (Å²) in [7, 11) is 0. The van der Waals surface area contributed by atoms with Crippen LogP contribution >= 0.6 is 23.2 Å². The lowest BCUT2D eigenvalue weighted by atomic mass is 10.1. The highest BCUT2D eigenvalue weighted by Gasteiger charge is 2.21. The van der Waals surface area contributed by atoms with Gasteiger partial charge in [0.25, 0.3) is 0 Å². The minimum atomic E-state index is 0.633. The number of hydrogen-bond acceptors (Lipinski definition) is 2. The van der Waals surface area contributed by atoms with E-state index >= 15 is 0 Å². The number of nitrogens with two attached hydrogens (primary N) is 1. The molecular weight excluding hydrogens is 243 g/mol. The Morgan fingerprint density at radius 3 is 2.88 bits per heavy atom. The molecule has 1 unspecified atom stereocenters. The van der Waals surface area contributed by atoms with Gasteiger partial charge in [0.05, 0.1) is 10.0 Å². The predicted octanol–water partition coefficient (Wildman–Crippen LogP) is 2.77. The third-order valence-electron chi connectivity index (χ3n) is 3.13. The molecule has 0 amide bonds. The van der Waals surface area contributed by atoms with Crippen molar-refractivity contribution in [3.63, 3.8) is 0 Å². The van der Waals surface area contributed by atoms with Crippen molar-refractivity contribution in [2.24, 2.45) is 11.7 Å². The van der Waals surface area contributed by atoms with Crippen molar-refractivity contribution in [1.29, 1.82) is 0 Å². The summed E-state index contributed by atoms with van der Waals surface area (Å²) in [4.78, 5) is 2.38. The Balaban J connectivity index is 2.02. The third-order valence-corrected chi connectivity index (χ3v) is 3.99. The van der Waals surface area contributed by atoms with Gasteiger partial charge < -0.3 is 5.73 Å². The van der Waals surface area contributed by atoms with Crippen LogP contribution in [0.15, 0.2) is 18.2 Å². The molecule has 1 aliphatic heterocycles. The zero-order valence-corrected chi connectivity index (χ0v) is 10.6. The summed E-state index contributed by atoms with van der Waals surface area (Å²) in [5.74, 6) is 0.637. The van der Waals surface area contributed by atoms with E-state index in [0.717, 1.165) is 31.7 Å². The fourth-order valence-electron chi connectivity index (χ4n) is 2.16. The average molecular weight is 259 g/mol. The van der Waals surface area contributed by atoms with Crippen LogP contribution in [0.25, 0.3) is 0 Å². The lowest BCUT2D eigenvalue weighted by Crippen LogP contribution is -2.22. The summed E-state index contributed by atoms with van der Waals surface area (Å²) in [6, 6.07) is 5.80. The fraction of sp³-hybridized carbons (Fsp3) is 0.500. The first-order chi connectivity index (χ1) is 7.70. The highest BCUT2D eigenvalue weighted by Crippen LogP contribution is 2.27. The second-order valence-corrected chi connectivity index (χ2v) is 5.12. The molecule has 2 N–H and O–H groups in total. The molecule has 0 aliphatic carbocycles. The number of hydrogen-bond donors (Lipinski definition) is 1. The summed E-state index contributed by atoms with van der Waals surface area (Å²) < 4.78 is 0. The molecule has 1 aromatic carbocycles. The summed E-state index contributed by atoms with van der Waals surface area (Å²) in [6.45, 7) is 3.82. The summed E-state index contributed by atoms with van der Waals surface area (Å²) in [5, 5.41) is 1.31. The molecule has 16 heavy (non-hydrogen) atoms. The van der Waals surface area contributed by atoms with E-state index in [9.17, 15) is 0 Å². The van der Waals surface area contributed by atoms with Gasteiger partial charge in [-0.05, 0) is 37.1 Å². The monoisotopic (exact) mass is 258 g/mol. The molecule has 0 aromatic heterocycles. The Labute approximate surface area is 106 Å². The van der Waals surface area contributed by atoms with Gasteiger partial charge in [-0.25, -0.2) is 0 Å². The van der Waals surface area contributed by atoms with Crippen LogP contribution in [0.2, 0.25) is 10.0 Å². The minimum Gasteiger partial charge on any atom is -0.330 e. The zero-order chi connectivity index (χ0) is 11.5. The van der Waals surface area contributed by atoms with Crippen LogP contribution < -0.4 is 5.73 Å². The second kappa shape index (κ2) is 5.37. The summed E-state index contributed by atoms with van der Waals surface area (Å²) >= 11 is 12.1. The Morgan fingerprint density at radius 1 is 1.38 bits per heavy atom. The fourth-order valence-corrected chi connectivity index (χ4v) is 2.54. The Bertz CT molecular complexity index is 368. The SMILES string of the molecule is NCC1CCN(Cc2cccc(Cl)c2Cl)C1. The molecule has 0 radical (unpaired) electrons. The van der Waals surface area contributed by atoms with Crippen LogP contribution in [0.1, 0.15) is 12.0 Å². The highest BCUT2D eigenvalue weighted by atomic mass is 35.5. The van der Waals surface area contributed by atoms with Crippen molar-refractivity contribution in [1.82, 2.24) is 4.90 Å². The molecule has 4 heteroatoms. The van der Waals surface area contributed by atoms with Gasteiger partial charge in [-0.15, -0.1) is 0 Å². The van der Waals surface area contributed by atoms with Crippen molar-refractivity contribution in [2.45, 2.75) is 13.0 Å². The quantitative estimate of drug-likeness (QED) is 0.904. The van der Waals surface area contributed by atoms with Gasteiger partial charge in [0, 0.05) is 13.1 Å². The van der Waals surface area contributed by atoms with Gasteiger partial charge >= 0.3 is 0 Å². The number of nitrogens with zero attached hydrogens (tertiary/aromatic N) is 1. The van der Waals surface area contributed by atoms with E-state index in [1.807, 2.05) is 18.2 Å². The van der Waals surface area contributed by atoms with Crippen molar-refractivity contribution < 1.29 is 0 Å². The molecule has 1 aliphatic rings. The highest BCUT2D eigenvalue weighted by molar-refractivity contribution is 6.42. The van der Waals surface area contributed by atoms with E-state index in [1.54, 1.807) is 0 Å². The number of rotatable bonds is 3. The number of likely N-dealkylation sites (tertiary alicyclic amines) is 1. The van der Waals surface area contributed by atoms with Crippen LogP contribution in [0.5, 0.6) is 0 Å². The predicted molar refractivity (Wildman–Crippen MR) is 68.9 cm³/mol. The Kier molecular flexibility index (Phi) is 4.09. The Hall–Kier alpha value is -0.280. The van der Waals surface area contributed by atoms with Crippen LogP contribution in [0.4, 0.5) is 0 Å². The average Bonchev–Trinajstić information content (AvgIpc) is 2.73. The molecule has 0 spiro atoms. The lowest BCUT2D eigenvalue weighted by Gasteiger charge is -2.16. The summed E-state index contributed by atoms with van der Waals surface area (Å²) in [5.41, 5.74) is 6.77. The van der Waals surface area contributed by atoms with Crippen LogP contribution in [-0.2, 0) is 6.54 Å². The molecule has 1 heterocycles. The van der Waals surface area contributed by atoms with Gasteiger partial charge in [-0.2, -0.15) is 0 Å². The first kappa shape index (κ1) is 12.2. The molecule has 2 rings (SSSR count).